The first-order valence-electron chi connectivity index (χ1n) is 6.83. The zero-order chi connectivity index (χ0) is 14.1. The first-order valence-corrected chi connectivity index (χ1v) is 7.63. The molecule has 19 heavy (non-hydrogen) atoms. The number of hydrogen-bond donors (Lipinski definition) is 1. The molecule has 0 unspecified atom stereocenters. The van der Waals surface area contributed by atoms with E-state index >= 15 is 0 Å². The Hall–Kier alpha value is -0.580. The number of benzene rings is 1. The number of ether oxygens (including phenoxy) is 2. The Labute approximate surface area is 124 Å². The molecule has 0 fully saturated rings. The molecule has 0 aliphatic heterocycles. The SMILES string of the molecule is CC[C@H](C)NCCOCCOc1ccc(Br)cc1C. The zero-order valence-electron chi connectivity index (χ0n) is 12.0. The van der Waals surface area contributed by atoms with Crippen molar-refractivity contribution in [1.29, 1.82) is 0 Å². The van der Waals surface area contributed by atoms with Gasteiger partial charge in [-0.2, -0.15) is 0 Å². The molecule has 0 saturated heterocycles. The Morgan fingerprint density at radius 3 is 2.74 bits per heavy atom. The average molecular weight is 330 g/mol. The normalized spacial score (nSPS) is 12.4. The van der Waals surface area contributed by atoms with Gasteiger partial charge >= 0.3 is 0 Å². The topological polar surface area (TPSA) is 30.5 Å². The van der Waals surface area contributed by atoms with Crippen LogP contribution in [0.5, 0.6) is 5.75 Å². The van der Waals surface area contributed by atoms with E-state index in [1.807, 2.05) is 25.1 Å². The van der Waals surface area contributed by atoms with E-state index in [2.05, 4.69) is 35.1 Å². The highest BCUT2D eigenvalue weighted by atomic mass is 79.9. The fourth-order valence-corrected chi connectivity index (χ4v) is 2.08. The lowest BCUT2D eigenvalue weighted by molar-refractivity contribution is 0.100. The number of hydrogen-bond acceptors (Lipinski definition) is 3. The Bertz CT molecular complexity index is 371. The summed E-state index contributed by atoms with van der Waals surface area (Å²) in [6.07, 6.45) is 1.14. The molecule has 0 spiro atoms. The van der Waals surface area contributed by atoms with E-state index in [1.54, 1.807) is 0 Å². The summed E-state index contributed by atoms with van der Waals surface area (Å²) in [4.78, 5) is 0. The molecule has 0 saturated carbocycles. The van der Waals surface area contributed by atoms with Crippen LogP contribution in [0.4, 0.5) is 0 Å². The van der Waals surface area contributed by atoms with Crippen LogP contribution in [0.3, 0.4) is 0 Å². The molecule has 4 heteroatoms. The van der Waals surface area contributed by atoms with Crippen molar-refractivity contribution >= 4 is 15.9 Å². The molecule has 0 aromatic heterocycles. The fraction of sp³-hybridized carbons (Fsp3) is 0.600. The van der Waals surface area contributed by atoms with Crippen molar-refractivity contribution in [3.63, 3.8) is 0 Å². The van der Waals surface area contributed by atoms with E-state index in [1.165, 1.54) is 0 Å². The molecule has 3 nitrogen and oxygen atoms in total. The predicted molar refractivity (Wildman–Crippen MR) is 82.9 cm³/mol. The van der Waals surface area contributed by atoms with Gasteiger partial charge in [-0.05, 0) is 44.0 Å². The van der Waals surface area contributed by atoms with Crippen molar-refractivity contribution < 1.29 is 9.47 Å². The number of aryl methyl sites for hydroxylation is 1. The molecule has 1 rings (SSSR count). The van der Waals surface area contributed by atoms with Gasteiger partial charge < -0.3 is 14.8 Å². The number of halogens is 1. The summed E-state index contributed by atoms with van der Waals surface area (Å²) in [7, 11) is 0. The lowest BCUT2D eigenvalue weighted by Gasteiger charge is -2.12. The van der Waals surface area contributed by atoms with Gasteiger partial charge in [0, 0.05) is 17.1 Å². The Balaban J connectivity index is 2.07. The van der Waals surface area contributed by atoms with Crippen LogP contribution in [-0.2, 0) is 4.74 Å². The van der Waals surface area contributed by atoms with Gasteiger partial charge in [0.05, 0.1) is 13.2 Å². The zero-order valence-corrected chi connectivity index (χ0v) is 13.6. The third-order valence-electron chi connectivity index (χ3n) is 2.97. The second-order valence-corrected chi connectivity index (χ2v) is 5.55. The molecule has 0 bridgehead atoms. The maximum absolute atomic E-state index is 5.67. The third-order valence-corrected chi connectivity index (χ3v) is 3.47. The van der Waals surface area contributed by atoms with Crippen LogP contribution in [0.15, 0.2) is 22.7 Å². The van der Waals surface area contributed by atoms with Gasteiger partial charge in [-0.25, -0.2) is 0 Å². The highest BCUT2D eigenvalue weighted by Crippen LogP contribution is 2.21. The fourth-order valence-electron chi connectivity index (χ4n) is 1.61. The molecule has 108 valence electrons. The molecule has 0 heterocycles. The Morgan fingerprint density at radius 2 is 2.05 bits per heavy atom. The summed E-state index contributed by atoms with van der Waals surface area (Å²) < 4.78 is 12.3. The van der Waals surface area contributed by atoms with Crippen LogP contribution in [0, 0.1) is 6.92 Å². The van der Waals surface area contributed by atoms with Crippen molar-refractivity contribution in [3.05, 3.63) is 28.2 Å². The molecule has 1 N–H and O–H groups in total. The smallest absolute Gasteiger partial charge is 0.122 e. The van der Waals surface area contributed by atoms with E-state index in [-0.39, 0.29) is 0 Å². The van der Waals surface area contributed by atoms with Crippen molar-refractivity contribution in [2.75, 3.05) is 26.4 Å². The van der Waals surface area contributed by atoms with Gasteiger partial charge in [0.1, 0.15) is 12.4 Å². The number of rotatable bonds is 9. The van der Waals surface area contributed by atoms with Crippen molar-refractivity contribution in [1.82, 2.24) is 5.32 Å². The second kappa shape index (κ2) is 9.34. The molecule has 1 atom stereocenters. The quantitative estimate of drug-likeness (QED) is 0.703. The molecule has 0 amide bonds. The molecule has 1 aromatic carbocycles. The first kappa shape index (κ1) is 16.5. The van der Waals surface area contributed by atoms with Gasteiger partial charge in [-0.15, -0.1) is 0 Å². The monoisotopic (exact) mass is 329 g/mol. The van der Waals surface area contributed by atoms with E-state index in [4.69, 9.17) is 9.47 Å². The summed E-state index contributed by atoms with van der Waals surface area (Å²) >= 11 is 3.44. The van der Waals surface area contributed by atoms with Crippen LogP contribution in [0.25, 0.3) is 0 Å². The van der Waals surface area contributed by atoms with E-state index < -0.39 is 0 Å². The first-order chi connectivity index (χ1) is 9.13. The minimum Gasteiger partial charge on any atom is -0.491 e. The summed E-state index contributed by atoms with van der Waals surface area (Å²) in [5, 5.41) is 3.39. The highest BCUT2D eigenvalue weighted by molar-refractivity contribution is 9.10. The largest absolute Gasteiger partial charge is 0.491 e. The molecule has 1 aromatic rings. The lowest BCUT2D eigenvalue weighted by Crippen LogP contribution is -2.29. The molecule has 0 aliphatic rings. The van der Waals surface area contributed by atoms with Crippen LogP contribution < -0.4 is 10.1 Å². The summed E-state index contributed by atoms with van der Waals surface area (Å²) in [5.74, 6) is 0.921. The average Bonchev–Trinajstić information content (AvgIpc) is 2.39. The van der Waals surface area contributed by atoms with Gasteiger partial charge in [-0.3, -0.25) is 0 Å². The van der Waals surface area contributed by atoms with Crippen molar-refractivity contribution in [3.8, 4) is 5.75 Å². The minimum atomic E-state index is 0.560. The number of nitrogens with one attached hydrogen (secondary N) is 1. The van der Waals surface area contributed by atoms with Crippen molar-refractivity contribution in [2.24, 2.45) is 0 Å². The molecular formula is C15H24BrNO2. The van der Waals surface area contributed by atoms with E-state index in [0.717, 1.165) is 35.4 Å². The van der Waals surface area contributed by atoms with E-state index in [0.29, 0.717) is 19.3 Å². The van der Waals surface area contributed by atoms with Gasteiger partial charge in [-0.1, -0.05) is 22.9 Å². The van der Waals surface area contributed by atoms with E-state index in [9.17, 15) is 0 Å². The van der Waals surface area contributed by atoms with Gasteiger partial charge in [0.25, 0.3) is 0 Å². The second-order valence-electron chi connectivity index (χ2n) is 4.63. The molecule has 0 radical (unpaired) electrons. The van der Waals surface area contributed by atoms with Gasteiger partial charge in [0.2, 0.25) is 0 Å². The minimum absolute atomic E-state index is 0.560. The summed E-state index contributed by atoms with van der Waals surface area (Å²) in [5.41, 5.74) is 1.13. The maximum atomic E-state index is 5.67. The molecule has 0 aliphatic carbocycles. The van der Waals surface area contributed by atoms with Crippen LogP contribution in [-0.4, -0.2) is 32.4 Å². The van der Waals surface area contributed by atoms with Gasteiger partial charge in [0.15, 0.2) is 0 Å². The third kappa shape index (κ3) is 6.95. The predicted octanol–water partition coefficient (Wildman–Crippen LogP) is 3.54. The van der Waals surface area contributed by atoms with Crippen LogP contribution >= 0.6 is 15.9 Å². The van der Waals surface area contributed by atoms with Crippen LogP contribution in [0.1, 0.15) is 25.8 Å². The Kier molecular flexibility index (Phi) is 8.10. The summed E-state index contributed by atoms with van der Waals surface area (Å²) in [6, 6.07) is 6.57. The van der Waals surface area contributed by atoms with Crippen LogP contribution in [0.2, 0.25) is 0 Å². The summed E-state index contributed by atoms with van der Waals surface area (Å²) in [6.45, 7) is 9.23. The maximum Gasteiger partial charge on any atom is 0.122 e. The Morgan fingerprint density at radius 1 is 1.26 bits per heavy atom. The highest BCUT2D eigenvalue weighted by Gasteiger charge is 2.00. The lowest BCUT2D eigenvalue weighted by atomic mass is 10.2. The standard InChI is InChI=1S/C15H24BrNO2/c1-4-13(3)17-7-8-18-9-10-19-15-6-5-14(16)11-12(15)2/h5-6,11,13,17H,4,7-10H2,1-3H3/t13-/m0/s1. The van der Waals surface area contributed by atoms with Crippen molar-refractivity contribution in [2.45, 2.75) is 33.2 Å². The molecular weight excluding hydrogens is 306 g/mol.